The molecule has 0 aliphatic rings. The quantitative estimate of drug-likeness (QED) is 0.722. The number of benzene rings is 1. The smallest absolute Gasteiger partial charge is 0.266 e. The Labute approximate surface area is 136 Å². The number of halogens is 2. The number of thiophene rings is 1. The van der Waals surface area contributed by atoms with E-state index in [2.05, 4.69) is 15.9 Å². The molecule has 1 aromatic carbocycles. The minimum Gasteiger partial charge on any atom is -0.269 e. The van der Waals surface area contributed by atoms with Gasteiger partial charge in [-0.3, -0.25) is 4.31 Å². The zero-order chi connectivity index (χ0) is 14.9. The van der Waals surface area contributed by atoms with Crippen molar-refractivity contribution in [1.82, 2.24) is 0 Å². The largest absolute Gasteiger partial charge is 0.269 e. The van der Waals surface area contributed by atoms with Crippen LogP contribution in [0.1, 0.15) is 10.4 Å². The first-order valence-corrected chi connectivity index (χ1v) is 9.34. The van der Waals surface area contributed by atoms with E-state index in [1.165, 1.54) is 15.6 Å². The highest BCUT2D eigenvalue weighted by Crippen LogP contribution is 2.35. The van der Waals surface area contributed by atoms with Crippen molar-refractivity contribution < 1.29 is 8.42 Å². The van der Waals surface area contributed by atoms with Gasteiger partial charge >= 0.3 is 0 Å². The zero-order valence-electron chi connectivity index (χ0n) is 10.9. The van der Waals surface area contributed by atoms with E-state index in [-0.39, 0.29) is 4.90 Å². The molecule has 108 valence electrons. The summed E-state index contributed by atoms with van der Waals surface area (Å²) < 4.78 is 27.1. The van der Waals surface area contributed by atoms with Gasteiger partial charge in [-0.05, 0) is 41.1 Å². The van der Waals surface area contributed by atoms with Gasteiger partial charge in [-0.15, -0.1) is 22.9 Å². The van der Waals surface area contributed by atoms with Crippen LogP contribution in [-0.2, 0) is 15.9 Å². The Morgan fingerprint density at radius 2 is 1.90 bits per heavy atom. The average Bonchev–Trinajstić information content (AvgIpc) is 2.81. The highest BCUT2D eigenvalue weighted by Gasteiger charge is 2.26. The monoisotopic (exact) mass is 393 g/mol. The summed E-state index contributed by atoms with van der Waals surface area (Å²) >= 11 is 10.4. The Hall–Kier alpha value is -0.560. The molecular weight excluding hydrogens is 382 g/mol. The maximum Gasteiger partial charge on any atom is 0.266 e. The van der Waals surface area contributed by atoms with E-state index >= 15 is 0 Å². The van der Waals surface area contributed by atoms with E-state index in [4.69, 9.17) is 11.6 Å². The lowest BCUT2D eigenvalue weighted by atomic mass is 10.2. The molecule has 0 amide bonds. The fourth-order valence-electron chi connectivity index (χ4n) is 1.68. The predicted molar refractivity (Wildman–Crippen MR) is 88.3 cm³/mol. The second-order valence-electron chi connectivity index (χ2n) is 4.29. The van der Waals surface area contributed by atoms with E-state index in [0.717, 1.165) is 10.4 Å². The maximum absolute atomic E-state index is 12.6. The van der Waals surface area contributed by atoms with E-state index in [1.807, 2.05) is 19.1 Å². The van der Waals surface area contributed by atoms with Gasteiger partial charge in [0.15, 0.2) is 0 Å². The molecular formula is C13H13BrClNO2S2. The van der Waals surface area contributed by atoms with Crippen LogP contribution in [0.2, 0.25) is 0 Å². The van der Waals surface area contributed by atoms with Gasteiger partial charge in [0.2, 0.25) is 0 Å². The first kappa shape index (κ1) is 15.8. The minimum atomic E-state index is -3.59. The topological polar surface area (TPSA) is 37.4 Å². The molecule has 0 bridgehead atoms. The third-order valence-corrected chi connectivity index (χ3v) is 7.36. The van der Waals surface area contributed by atoms with Gasteiger partial charge in [0.05, 0.1) is 15.4 Å². The molecule has 0 radical (unpaired) electrons. The summed E-state index contributed by atoms with van der Waals surface area (Å²) in [5, 5.41) is 0. The molecule has 0 spiro atoms. The van der Waals surface area contributed by atoms with Crippen molar-refractivity contribution in [3.05, 3.63) is 44.6 Å². The Kier molecular flexibility index (Phi) is 4.79. The Morgan fingerprint density at radius 1 is 1.30 bits per heavy atom. The first-order valence-electron chi connectivity index (χ1n) is 5.76. The molecule has 0 aliphatic carbocycles. The number of rotatable bonds is 4. The summed E-state index contributed by atoms with van der Waals surface area (Å²) in [5.41, 5.74) is 1.71. The standard InChI is InChI=1S/C13H13BrClNO2S2/c1-9-3-5-10(6-4-9)16(2)20(17,18)12-7-11(8-15)19-13(12)14/h3-7H,8H2,1-2H3. The van der Waals surface area contributed by atoms with E-state index in [0.29, 0.717) is 15.4 Å². The van der Waals surface area contributed by atoms with Gasteiger partial charge in [0.1, 0.15) is 4.90 Å². The summed E-state index contributed by atoms with van der Waals surface area (Å²) in [6.45, 7) is 1.96. The van der Waals surface area contributed by atoms with Crippen LogP contribution in [0.4, 0.5) is 5.69 Å². The normalized spacial score (nSPS) is 11.6. The molecule has 20 heavy (non-hydrogen) atoms. The Balaban J connectivity index is 2.43. The van der Waals surface area contributed by atoms with Gasteiger partial charge in [-0.25, -0.2) is 8.42 Å². The summed E-state index contributed by atoms with van der Waals surface area (Å²) in [4.78, 5) is 1.07. The van der Waals surface area contributed by atoms with Crippen LogP contribution >= 0.6 is 38.9 Å². The van der Waals surface area contributed by atoms with Crippen LogP contribution in [0.3, 0.4) is 0 Å². The van der Waals surface area contributed by atoms with Gasteiger partial charge in [-0.2, -0.15) is 0 Å². The number of sulfonamides is 1. The molecule has 0 saturated carbocycles. The van der Waals surface area contributed by atoms with E-state index in [9.17, 15) is 8.42 Å². The van der Waals surface area contributed by atoms with Gasteiger partial charge < -0.3 is 0 Å². The zero-order valence-corrected chi connectivity index (χ0v) is 14.9. The van der Waals surface area contributed by atoms with E-state index in [1.54, 1.807) is 25.2 Å². The van der Waals surface area contributed by atoms with Crippen LogP contribution < -0.4 is 4.31 Å². The summed E-state index contributed by atoms with van der Waals surface area (Å²) in [7, 11) is -2.04. The molecule has 0 unspecified atom stereocenters. The molecule has 0 atom stereocenters. The number of hydrogen-bond donors (Lipinski definition) is 0. The number of hydrogen-bond acceptors (Lipinski definition) is 3. The second kappa shape index (κ2) is 6.05. The third kappa shape index (κ3) is 3.03. The van der Waals surface area contributed by atoms with Crippen LogP contribution in [0.25, 0.3) is 0 Å². The van der Waals surface area contributed by atoms with Crippen molar-refractivity contribution in [1.29, 1.82) is 0 Å². The molecule has 2 aromatic rings. The SMILES string of the molecule is Cc1ccc(N(C)S(=O)(=O)c2cc(CCl)sc2Br)cc1. The fourth-order valence-corrected chi connectivity index (χ4v) is 5.60. The van der Waals surface area contributed by atoms with Crippen molar-refractivity contribution in [2.24, 2.45) is 0 Å². The second-order valence-corrected chi connectivity index (χ2v) is 8.95. The molecule has 3 nitrogen and oxygen atoms in total. The molecule has 7 heteroatoms. The van der Waals surface area contributed by atoms with E-state index < -0.39 is 10.0 Å². The predicted octanol–water partition coefficient (Wildman–Crippen LogP) is 4.38. The number of alkyl halides is 1. The molecule has 0 aliphatic heterocycles. The van der Waals surface area contributed by atoms with Crippen molar-refractivity contribution in [2.45, 2.75) is 17.7 Å². The molecule has 1 heterocycles. The lowest BCUT2D eigenvalue weighted by Gasteiger charge is -2.19. The summed E-state index contributed by atoms with van der Waals surface area (Å²) in [6.07, 6.45) is 0. The van der Waals surface area contributed by atoms with Crippen LogP contribution in [-0.4, -0.2) is 15.5 Å². The highest BCUT2D eigenvalue weighted by molar-refractivity contribution is 9.11. The molecule has 1 aromatic heterocycles. The number of nitrogens with zero attached hydrogens (tertiary/aromatic N) is 1. The van der Waals surface area contributed by atoms with Crippen LogP contribution in [0.15, 0.2) is 39.0 Å². The number of aryl methyl sites for hydroxylation is 1. The summed E-state index contributed by atoms with van der Waals surface area (Å²) in [5.74, 6) is 0.299. The summed E-state index contributed by atoms with van der Waals surface area (Å²) in [6, 6.07) is 8.95. The lowest BCUT2D eigenvalue weighted by Crippen LogP contribution is -2.26. The van der Waals surface area contributed by atoms with Crippen molar-refractivity contribution in [3.8, 4) is 0 Å². The lowest BCUT2D eigenvalue weighted by molar-refractivity contribution is 0.594. The molecule has 0 fully saturated rings. The van der Waals surface area contributed by atoms with Crippen molar-refractivity contribution in [3.63, 3.8) is 0 Å². The average molecular weight is 395 g/mol. The van der Waals surface area contributed by atoms with Crippen LogP contribution in [0, 0.1) is 6.92 Å². The Bertz CT molecular complexity index is 710. The highest BCUT2D eigenvalue weighted by atomic mass is 79.9. The maximum atomic E-state index is 12.6. The third-order valence-electron chi connectivity index (χ3n) is 2.87. The fraction of sp³-hybridized carbons (Fsp3) is 0.231. The Morgan fingerprint density at radius 3 is 2.40 bits per heavy atom. The van der Waals surface area contributed by atoms with Gasteiger partial charge in [-0.1, -0.05) is 17.7 Å². The van der Waals surface area contributed by atoms with Crippen LogP contribution in [0.5, 0.6) is 0 Å². The van der Waals surface area contributed by atoms with Gasteiger partial charge in [0.25, 0.3) is 10.0 Å². The molecule has 2 rings (SSSR count). The molecule has 0 N–H and O–H groups in total. The first-order chi connectivity index (χ1) is 9.36. The van der Waals surface area contributed by atoms with Gasteiger partial charge in [0, 0.05) is 11.9 Å². The van der Waals surface area contributed by atoms with Crippen molar-refractivity contribution >= 4 is 54.6 Å². The minimum absolute atomic E-state index is 0.251. The number of anilines is 1. The molecule has 0 saturated heterocycles. The van der Waals surface area contributed by atoms with Crippen molar-refractivity contribution in [2.75, 3.05) is 11.4 Å².